The third-order valence-corrected chi connectivity index (χ3v) is 8.30. The lowest BCUT2D eigenvalue weighted by molar-refractivity contribution is -0.120. The molecule has 9 nitrogen and oxygen atoms in total. The summed E-state index contributed by atoms with van der Waals surface area (Å²) < 4.78 is 58.0. The van der Waals surface area contributed by atoms with Gasteiger partial charge in [0.2, 0.25) is 15.9 Å². The minimum Gasteiger partial charge on any atom is -0.497 e. The van der Waals surface area contributed by atoms with Crippen LogP contribution in [0.5, 0.6) is 11.5 Å². The van der Waals surface area contributed by atoms with E-state index < -0.39 is 15.8 Å². The van der Waals surface area contributed by atoms with Crippen molar-refractivity contribution >= 4 is 33.8 Å². The Balaban J connectivity index is 1.45. The lowest BCUT2D eigenvalue weighted by atomic mass is 9.97. The fraction of sp³-hybridized carbons (Fsp3) is 0.308. The molecule has 11 heteroatoms. The van der Waals surface area contributed by atoms with Gasteiger partial charge in [-0.1, -0.05) is 23.4 Å². The normalized spacial score (nSPS) is 15.1. The van der Waals surface area contributed by atoms with Crippen LogP contribution in [0.15, 0.2) is 51.9 Å². The van der Waals surface area contributed by atoms with Gasteiger partial charge >= 0.3 is 0 Å². The van der Waals surface area contributed by atoms with Crippen molar-refractivity contribution in [1.29, 1.82) is 0 Å². The van der Waals surface area contributed by atoms with E-state index in [1.807, 2.05) is 0 Å². The predicted octanol–water partition coefficient (Wildman–Crippen LogP) is 4.35. The van der Waals surface area contributed by atoms with Crippen LogP contribution in [0.2, 0.25) is 0 Å². The van der Waals surface area contributed by atoms with E-state index >= 15 is 0 Å². The van der Waals surface area contributed by atoms with Gasteiger partial charge in [-0.05, 0) is 50.1 Å². The molecule has 1 fully saturated rings. The molecule has 37 heavy (non-hydrogen) atoms. The topological polar surface area (TPSA) is 111 Å². The van der Waals surface area contributed by atoms with Crippen LogP contribution < -0.4 is 14.8 Å². The van der Waals surface area contributed by atoms with E-state index in [2.05, 4.69) is 10.5 Å². The number of aryl methyl sites for hydroxylation is 1. The van der Waals surface area contributed by atoms with Crippen LogP contribution >= 0.6 is 0 Å². The van der Waals surface area contributed by atoms with Gasteiger partial charge in [-0.15, -0.1) is 0 Å². The number of ether oxygens (including phenoxy) is 2. The summed E-state index contributed by atoms with van der Waals surface area (Å²) in [6.07, 6.45) is 3.52. The van der Waals surface area contributed by atoms with Crippen molar-refractivity contribution in [3.63, 3.8) is 0 Å². The number of nitrogens with zero attached hydrogens (tertiary/aromatic N) is 2. The van der Waals surface area contributed by atoms with Crippen LogP contribution in [0.3, 0.4) is 0 Å². The molecular formula is C26H28FN3O6S. The number of rotatable bonds is 8. The highest BCUT2D eigenvalue weighted by molar-refractivity contribution is 7.89. The number of sulfonamides is 1. The van der Waals surface area contributed by atoms with Crippen LogP contribution in [0, 0.1) is 18.7 Å². The summed E-state index contributed by atoms with van der Waals surface area (Å²) in [6.45, 7) is 1.85. The minimum absolute atomic E-state index is 0.0206. The molecule has 0 unspecified atom stereocenters. The van der Waals surface area contributed by atoms with Crippen molar-refractivity contribution in [1.82, 2.24) is 9.46 Å². The largest absolute Gasteiger partial charge is 0.497 e. The first kappa shape index (κ1) is 26.4. The highest BCUT2D eigenvalue weighted by atomic mass is 32.2. The standard InChI is InChI=1S/C26H28FN3O6S/c1-17-25(23(36-29-17)11-8-18-6-4-5-7-21(18)27)37(32,33)30-14-12-19(13-15-30)26(31)28-22-10-9-20(34-2)16-24(22)35-3/h4-11,16,19H,12-15H2,1-3H3,(H,28,31)/b11-8+. The van der Waals surface area contributed by atoms with Gasteiger partial charge in [0.15, 0.2) is 10.7 Å². The molecule has 0 bridgehead atoms. The molecule has 1 aliphatic rings. The Morgan fingerprint density at radius 2 is 1.86 bits per heavy atom. The number of carbonyl (C=O) groups is 1. The van der Waals surface area contributed by atoms with Crippen molar-refractivity contribution in [3.8, 4) is 11.5 Å². The molecular weight excluding hydrogens is 501 g/mol. The third-order valence-electron chi connectivity index (χ3n) is 6.24. The van der Waals surface area contributed by atoms with Crippen molar-refractivity contribution in [2.45, 2.75) is 24.7 Å². The summed E-state index contributed by atoms with van der Waals surface area (Å²) in [5, 5.41) is 6.69. The van der Waals surface area contributed by atoms with Gasteiger partial charge in [-0.25, -0.2) is 12.8 Å². The number of methoxy groups -OCH3 is 2. The number of hydrogen-bond acceptors (Lipinski definition) is 7. The highest BCUT2D eigenvalue weighted by Crippen LogP contribution is 2.32. The molecule has 2 aromatic carbocycles. The number of anilines is 1. The number of amides is 1. The predicted molar refractivity (Wildman–Crippen MR) is 136 cm³/mol. The number of piperidine rings is 1. The first-order valence-electron chi connectivity index (χ1n) is 11.7. The van der Waals surface area contributed by atoms with E-state index in [1.165, 1.54) is 36.7 Å². The zero-order chi connectivity index (χ0) is 26.6. The van der Waals surface area contributed by atoms with Crippen molar-refractivity contribution in [2.75, 3.05) is 32.6 Å². The first-order valence-corrected chi connectivity index (χ1v) is 13.1. The van der Waals surface area contributed by atoms with Gasteiger partial charge in [-0.3, -0.25) is 4.79 Å². The average Bonchev–Trinajstić information content (AvgIpc) is 3.29. The van der Waals surface area contributed by atoms with E-state index in [1.54, 1.807) is 43.3 Å². The summed E-state index contributed by atoms with van der Waals surface area (Å²) in [4.78, 5) is 12.8. The molecule has 1 amide bonds. The Hall–Kier alpha value is -3.70. The van der Waals surface area contributed by atoms with Gasteiger partial charge in [0, 0.05) is 30.6 Å². The Labute approximate surface area is 214 Å². The Morgan fingerprint density at radius 3 is 2.54 bits per heavy atom. The fourth-order valence-corrected chi connectivity index (χ4v) is 5.92. The van der Waals surface area contributed by atoms with Crippen LogP contribution in [-0.4, -0.2) is 51.1 Å². The lowest BCUT2D eigenvalue weighted by Gasteiger charge is -2.30. The van der Waals surface area contributed by atoms with Gasteiger partial charge in [0.1, 0.15) is 23.0 Å². The Bertz CT molecular complexity index is 1410. The zero-order valence-corrected chi connectivity index (χ0v) is 21.5. The number of carbonyl (C=O) groups excluding carboxylic acids is 1. The molecule has 1 N–H and O–H groups in total. The summed E-state index contributed by atoms with van der Waals surface area (Å²) >= 11 is 0. The minimum atomic E-state index is -3.95. The molecule has 1 saturated heterocycles. The van der Waals surface area contributed by atoms with Crippen molar-refractivity contribution < 1.29 is 31.6 Å². The monoisotopic (exact) mass is 529 g/mol. The summed E-state index contributed by atoms with van der Waals surface area (Å²) in [7, 11) is -0.914. The molecule has 3 aromatic rings. The smallest absolute Gasteiger partial charge is 0.248 e. The number of benzene rings is 2. The van der Waals surface area contributed by atoms with Crippen molar-refractivity contribution in [2.24, 2.45) is 5.92 Å². The molecule has 0 aliphatic carbocycles. The quantitative estimate of drug-likeness (QED) is 0.462. The zero-order valence-electron chi connectivity index (χ0n) is 20.7. The number of halogens is 1. The second-order valence-corrected chi connectivity index (χ2v) is 10.4. The summed E-state index contributed by atoms with van der Waals surface area (Å²) in [5.74, 6) is 0.0591. The maximum atomic E-state index is 14.0. The van der Waals surface area contributed by atoms with Gasteiger partial charge in [0.25, 0.3) is 0 Å². The Kier molecular flexibility index (Phi) is 7.94. The van der Waals surface area contributed by atoms with Gasteiger partial charge < -0.3 is 19.3 Å². The van der Waals surface area contributed by atoms with E-state index in [0.29, 0.717) is 35.6 Å². The van der Waals surface area contributed by atoms with E-state index in [9.17, 15) is 17.6 Å². The molecule has 4 rings (SSSR count). The van der Waals surface area contributed by atoms with Crippen molar-refractivity contribution in [3.05, 3.63) is 65.3 Å². The maximum Gasteiger partial charge on any atom is 0.248 e. The maximum absolute atomic E-state index is 14.0. The van der Waals surface area contributed by atoms with Crippen LogP contribution in [0.1, 0.15) is 29.9 Å². The molecule has 0 spiro atoms. The SMILES string of the molecule is COc1ccc(NC(=O)C2CCN(S(=O)(=O)c3c(C)noc3/C=C/c3ccccc3F)CC2)c(OC)c1. The molecule has 1 aromatic heterocycles. The molecule has 0 saturated carbocycles. The average molecular weight is 530 g/mol. The third kappa shape index (κ3) is 5.67. The second-order valence-electron chi connectivity index (χ2n) is 8.55. The van der Waals surface area contributed by atoms with E-state index in [4.69, 9.17) is 14.0 Å². The van der Waals surface area contributed by atoms with Crippen LogP contribution in [0.4, 0.5) is 10.1 Å². The summed E-state index contributed by atoms with van der Waals surface area (Å²) in [5.41, 5.74) is 1.01. The number of hydrogen-bond donors (Lipinski definition) is 1. The van der Waals surface area contributed by atoms with E-state index in [-0.39, 0.29) is 41.3 Å². The number of aromatic nitrogens is 1. The van der Waals surface area contributed by atoms with E-state index in [0.717, 1.165) is 0 Å². The molecule has 1 aliphatic heterocycles. The lowest BCUT2D eigenvalue weighted by Crippen LogP contribution is -2.41. The van der Waals surface area contributed by atoms with Gasteiger partial charge in [-0.2, -0.15) is 4.31 Å². The molecule has 0 atom stereocenters. The highest BCUT2D eigenvalue weighted by Gasteiger charge is 2.36. The number of nitrogens with one attached hydrogen (secondary N) is 1. The van der Waals surface area contributed by atoms with Gasteiger partial charge in [0.05, 0.1) is 19.9 Å². The van der Waals surface area contributed by atoms with Crippen LogP contribution in [-0.2, 0) is 14.8 Å². The fourth-order valence-electron chi connectivity index (χ4n) is 4.20. The molecule has 2 heterocycles. The molecule has 0 radical (unpaired) electrons. The Morgan fingerprint density at radius 1 is 1.14 bits per heavy atom. The molecule has 196 valence electrons. The van der Waals surface area contributed by atoms with Crippen LogP contribution in [0.25, 0.3) is 12.2 Å². The second kappa shape index (κ2) is 11.1. The summed E-state index contributed by atoms with van der Waals surface area (Å²) in [6, 6.07) is 11.2. The first-order chi connectivity index (χ1) is 17.7.